The topological polar surface area (TPSA) is 63.2 Å². The van der Waals surface area contributed by atoms with Crippen molar-refractivity contribution in [2.45, 2.75) is 13.5 Å². The Kier molecular flexibility index (Phi) is 4.68. The molecule has 2 heterocycles. The van der Waals surface area contributed by atoms with Crippen molar-refractivity contribution in [1.82, 2.24) is 24.8 Å². The molecule has 1 fully saturated rings. The number of aromatic nitrogens is 3. The smallest absolute Gasteiger partial charge is 0.0967 e. The predicted octanol–water partition coefficient (Wildman–Crippen LogP) is -0.472. The van der Waals surface area contributed by atoms with Gasteiger partial charge in [-0.1, -0.05) is 12.1 Å². The molecule has 1 atom stereocenters. The molecular formula is C12H24N6. The predicted molar refractivity (Wildman–Crippen MR) is 70.9 cm³/mol. The second kappa shape index (κ2) is 6.26. The number of aryl methyl sites for hydroxylation is 1. The summed E-state index contributed by atoms with van der Waals surface area (Å²) in [6.07, 6.45) is 1.99. The van der Waals surface area contributed by atoms with Gasteiger partial charge in [-0.3, -0.25) is 9.58 Å². The summed E-state index contributed by atoms with van der Waals surface area (Å²) in [5, 5.41) is 8.09. The number of nitrogens with zero attached hydrogens (tertiary/aromatic N) is 5. The van der Waals surface area contributed by atoms with Gasteiger partial charge < -0.3 is 10.6 Å². The SMILES string of the molecule is CC(CN)CN1CCN(Cc2cn(C)nn2)CC1. The van der Waals surface area contributed by atoms with Crippen LogP contribution < -0.4 is 5.73 Å². The first-order valence-corrected chi connectivity index (χ1v) is 6.67. The number of piperazine rings is 1. The van der Waals surface area contributed by atoms with Gasteiger partial charge in [-0.25, -0.2) is 0 Å². The van der Waals surface area contributed by atoms with Gasteiger partial charge in [-0.2, -0.15) is 0 Å². The molecule has 0 spiro atoms. The van der Waals surface area contributed by atoms with E-state index < -0.39 is 0 Å². The van der Waals surface area contributed by atoms with Crippen molar-refractivity contribution in [3.63, 3.8) is 0 Å². The lowest BCUT2D eigenvalue weighted by Crippen LogP contribution is -2.47. The summed E-state index contributed by atoms with van der Waals surface area (Å²) in [5.74, 6) is 0.594. The molecule has 2 rings (SSSR count). The molecule has 18 heavy (non-hydrogen) atoms. The Labute approximate surface area is 109 Å². The van der Waals surface area contributed by atoms with Gasteiger partial charge in [0, 0.05) is 52.5 Å². The molecule has 0 radical (unpaired) electrons. The zero-order valence-electron chi connectivity index (χ0n) is 11.4. The summed E-state index contributed by atoms with van der Waals surface area (Å²) in [6.45, 7) is 9.49. The van der Waals surface area contributed by atoms with Crippen LogP contribution in [0.25, 0.3) is 0 Å². The van der Waals surface area contributed by atoms with Crippen LogP contribution in [0, 0.1) is 5.92 Å². The van der Waals surface area contributed by atoms with Crippen LogP contribution in [0.5, 0.6) is 0 Å². The molecule has 1 unspecified atom stereocenters. The van der Waals surface area contributed by atoms with Gasteiger partial charge in [0.15, 0.2) is 0 Å². The lowest BCUT2D eigenvalue weighted by atomic mass is 10.1. The van der Waals surface area contributed by atoms with Gasteiger partial charge in [-0.15, -0.1) is 5.10 Å². The third-order valence-electron chi connectivity index (χ3n) is 3.47. The highest BCUT2D eigenvalue weighted by Crippen LogP contribution is 2.07. The van der Waals surface area contributed by atoms with Crippen molar-refractivity contribution in [1.29, 1.82) is 0 Å². The fourth-order valence-corrected chi connectivity index (χ4v) is 2.34. The van der Waals surface area contributed by atoms with Gasteiger partial charge >= 0.3 is 0 Å². The van der Waals surface area contributed by atoms with E-state index in [1.807, 2.05) is 13.2 Å². The Hall–Kier alpha value is -0.980. The highest BCUT2D eigenvalue weighted by atomic mass is 15.4. The van der Waals surface area contributed by atoms with Gasteiger partial charge in [-0.05, 0) is 12.5 Å². The number of rotatable bonds is 5. The molecule has 2 N–H and O–H groups in total. The normalized spacial score (nSPS) is 20.2. The minimum Gasteiger partial charge on any atom is -0.330 e. The first-order valence-electron chi connectivity index (χ1n) is 6.67. The maximum atomic E-state index is 5.67. The van der Waals surface area contributed by atoms with Crippen LogP contribution in [0.4, 0.5) is 0 Å². The summed E-state index contributed by atoms with van der Waals surface area (Å²) in [4.78, 5) is 4.94. The molecular weight excluding hydrogens is 228 g/mol. The monoisotopic (exact) mass is 252 g/mol. The summed E-state index contributed by atoms with van der Waals surface area (Å²) in [6, 6.07) is 0. The second-order valence-electron chi connectivity index (χ2n) is 5.30. The lowest BCUT2D eigenvalue weighted by molar-refractivity contribution is 0.115. The molecule has 0 aromatic carbocycles. The Morgan fingerprint density at radius 3 is 2.50 bits per heavy atom. The molecule has 1 aromatic heterocycles. The van der Waals surface area contributed by atoms with E-state index in [1.54, 1.807) is 4.68 Å². The van der Waals surface area contributed by atoms with Crippen LogP contribution in [0.1, 0.15) is 12.6 Å². The van der Waals surface area contributed by atoms with E-state index in [4.69, 9.17) is 5.73 Å². The molecule has 102 valence electrons. The molecule has 0 amide bonds. The molecule has 1 aromatic rings. The van der Waals surface area contributed by atoms with Crippen LogP contribution >= 0.6 is 0 Å². The summed E-state index contributed by atoms with van der Waals surface area (Å²) < 4.78 is 1.76. The van der Waals surface area contributed by atoms with E-state index in [-0.39, 0.29) is 0 Å². The maximum Gasteiger partial charge on any atom is 0.0967 e. The minimum atomic E-state index is 0.594. The summed E-state index contributed by atoms with van der Waals surface area (Å²) in [5.41, 5.74) is 6.72. The third-order valence-corrected chi connectivity index (χ3v) is 3.47. The van der Waals surface area contributed by atoms with E-state index in [0.717, 1.165) is 51.5 Å². The third kappa shape index (κ3) is 3.76. The van der Waals surface area contributed by atoms with Crippen molar-refractivity contribution < 1.29 is 0 Å². The van der Waals surface area contributed by atoms with Crippen molar-refractivity contribution >= 4 is 0 Å². The Morgan fingerprint density at radius 1 is 1.28 bits per heavy atom. The minimum absolute atomic E-state index is 0.594. The van der Waals surface area contributed by atoms with Crippen molar-refractivity contribution in [3.8, 4) is 0 Å². The highest BCUT2D eigenvalue weighted by molar-refractivity contribution is 4.92. The van der Waals surface area contributed by atoms with Crippen LogP contribution in [0.3, 0.4) is 0 Å². The standard InChI is InChI=1S/C12H24N6/c1-11(7-13)8-17-3-5-18(6-4-17)10-12-9-16(2)15-14-12/h9,11H,3-8,10,13H2,1-2H3. The van der Waals surface area contributed by atoms with E-state index >= 15 is 0 Å². The zero-order valence-corrected chi connectivity index (χ0v) is 11.4. The number of hydrogen-bond donors (Lipinski definition) is 1. The zero-order chi connectivity index (χ0) is 13.0. The molecule has 1 aliphatic rings. The molecule has 1 saturated heterocycles. The molecule has 6 nitrogen and oxygen atoms in total. The fourth-order valence-electron chi connectivity index (χ4n) is 2.34. The number of nitrogens with two attached hydrogens (primary N) is 1. The average molecular weight is 252 g/mol. The van der Waals surface area contributed by atoms with Crippen molar-refractivity contribution in [2.75, 3.05) is 39.3 Å². The number of hydrogen-bond acceptors (Lipinski definition) is 5. The first-order chi connectivity index (χ1) is 8.67. The highest BCUT2D eigenvalue weighted by Gasteiger charge is 2.18. The molecule has 0 bridgehead atoms. The van der Waals surface area contributed by atoms with E-state index in [2.05, 4.69) is 27.0 Å². The summed E-state index contributed by atoms with van der Waals surface area (Å²) >= 11 is 0. The molecule has 1 aliphatic heterocycles. The van der Waals surface area contributed by atoms with Crippen molar-refractivity contribution in [2.24, 2.45) is 18.7 Å². The Balaban J connectivity index is 1.73. The largest absolute Gasteiger partial charge is 0.330 e. The Bertz CT molecular complexity index is 355. The summed E-state index contributed by atoms with van der Waals surface area (Å²) in [7, 11) is 1.91. The molecule has 6 heteroatoms. The lowest BCUT2D eigenvalue weighted by Gasteiger charge is -2.35. The van der Waals surface area contributed by atoms with Gasteiger partial charge in [0.25, 0.3) is 0 Å². The van der Waals surface area contributed by atoms with E-state index in [0.29, 0.717) is 5.92 Å². The van der Waals surface area contributed by atoms with Crippen LogP contribution in [0.2, 0.25) is 0 Å². The second-order valence-corrected chi connectivity index (χ2v) is 5.30. The van der Waals surface area contributed by atoms with Gasteiger partial charge in [0.1, 0.15) is 0 Å². The van der Waals surface area contributed by atoms with E-state index in [9.17, 15) is 0 Å². The van der Waals surface area contributed by atoms with Crippen LogP contribution in [-0.2, 0) is 13.6 Å². The van der Waals surface area contributed by atoms with E-state index in [1.165, 1.54) is 0 Å². The Morgan fingerprint density at radius 2 is 1.94 bits per heavy atom. The molecule has 0 aliphatic carbocycles. The van der Waals surface area contributed by atoms with Crippen molar-refractivity contribution in [3.05, 3.63) is 11.9 Å². The maximum absolute atomic E-state index is 5.67. The fraction of sp³-hybridized carbons (Fsp3) is 0.833. The van der Waals surface area contributed by atoms with Crippen LogP contribution in [-0.4, -0.2) is 64.1 Å². The quantitative estimate of drug-likeness (QED) is 0.767. The average Bonchev–Trinajstić information content (AvgIpc) is 2.77. The molecule has 0 saturated carbocycles. The van der Waals surface area contributed by atoms with Gasteiger partial charge in [0.2, 0.25) is 0 Å². The van der Waals surface area contributed by atoms with Crippen LogP contribution in [0.15, 0.2) is 6.20 Å². The first kappa shape index (κ1) is 13.5. The van der Waals surface area contributed by atoms with Gasteiger partial charge in [0.05, 0.1) is 5.69 Å².